The van der Waals surface area contributed by atoms with E-state index in [4.69, 9.17) is 5.11 Å². The summed E-state index contributed by atoms with van der Waals surface area (Å²) >= 11 is 0. The standard InChI is InChI=1S/C11H12F2N2O5/c12-11(13)20-9-6-7(3-4-8(9)15(18)19)14-5-1-2-10(16)17/h3-4,6,11,14H,1-2,5H2,(H,16,17). The monoisotopic (exact) mass is 290 g/mol. The van der Waals surface area contributed by atoms with E-state index >= 15 is 0 Å². The average Bonchev–Trinajstić information content (AvgIpc) is 2.33. The summed E-state index contributed by atoms with van der Waals surface area (Å²) < 4.78 is 28.4. The fourth-order valence-electron chi connectivity index (χ4n) is 1.44. The lowest BCUT2D eigenvalue weighted by atomic mass is 10.2. The number of alkyl halides is 2. The number of hydrogen-bond donors (Lipinski definition) is 2. The summed E-state index contributed by atoms with van der Waals surface area (Å²) in [6.45, 7) is -2.88. The Bertz CT molecular complexity index is 496. The minimum Gasteiger partial charge on any atom is -0.481 e. The van der Waals surface area contributed by atoms with Crippen LogP contribution in [0.1, 0.15) is 12.8 Å². The fourth-order valence-corrected chi connectivity index (χ4v) is 1.44. The van der Waals surface area contributed by atoms with E-state index in [2.05, 4.69) is 10.1 Å². The van der Waals surface area contributed by atoms with E-state index in [0.29, 0.717) is 12.1 Å². The Morgan fingerprint density at radius 1 is 1.50 bits per heavy atom. The van der Waals surface area contributed by atoms with Gasteiger partial charge >= 0.3 is 18.3 Å². The molecule has 7 nitrogen and oxygen atoms in total. The Labute approximate surface area is 112 Å². The van der Waals surface area contributed by atoms with Gasteiger partial charge in [-0.15, -0.1) is 0 Å². The molecule has 110 valence electrons. The van der Waals surface area contributed by atoms with Crippen molar-refractivity contribution in [1.29, 1.82) is 0 Å². The summed E-state index contributed by atoms with van der Waals surface area (Å²) in [5.74, 6) is -1.49. The van der Waals surface area contributed by atoms with Crippen molar-refractivity contribution in [1.82, 2.24) is 0 Å². The predicted octanol–water partition coefficient (Wildman–Crippen LogP) is 2.47. The van der Waals surface area contributed by atoms with Gasteiger partial charge in [-0.2, -0.15) is 8.78 Å². The Morgan fingerprint density at radius 2 is 2.20 bits per heavy atom. The number of aliphatic carboxylic acids is 1. The van der Waals surface area contributed by atoms with Crippen molar-refractivity contribution in [3.05, 3.63) is 28.3 Å². The van der Waals surface area contributed by atoms with Crippen LogP contribution in [0.4, 0.5) is 20.2 Å². The molecule has 0 heterocycles. The molecule has 0 aliphatic heterocycles. The highest BCUT2D eigenvalue weighted by Gasteiger charge is 2.18. The largest absolute Gasteiger partial charge is 0.481 e. The smallest absolute Gasteiger partial charge is 0.387 e. The van der Waals surface area contributed by atoms with Crippen LogP contribution in [0.15, 0.2) is 18.2 Å². The van der Waals surface area contributed by atoms with Crippen LogP contribution in [0.25, 0.3) is 0 Å². The maximum Gasteiger partial charge on any atom is 0.387 e. The summed E-state index contributed by atoms with van der Waals surface area (Å²) in [7, 11) is 0. The zero-order chi connectivity index (χ0) is 15.1. The molecule has 0 spiro atoms. The Balaban J connectivity index is 2.73. The summed E-state index contributed by atoms with van der Waals surface area (Å²) in [6, 6.07) is 3.44. The zero-order valence-corrected chi connectivity index (χ0v) is 10.2. The van der Waals surface area contributed by atoms with Gasteiger partial charge in [-0.25, -0.2) is 0 Å². The number of anilines is 1. The molecule has 0 atom stereocenters. The van der Waals surface area contributed by atoms with E-state index in [-0.39, 0.29) is 13.0 Å². The molecule has 20 heavy (non-hydrogen) atoms. The fraction of sp³-hybridized carbons (Fsp3) is 0.364. The number of benzene rings is 1. The van der Waals surface area contributed by atoms with E-state index in [1.807, 2.05) is 0 Å². The van der Waals surface area contributed by atoms with Crippen molar-refractivity contribution in [2.24, 2.45) is 0 Å². The molecule has 1 rings (SSSR count). The van der Waals surface area contributed by atoms with E-state index in [1.54, 1.807) is 0 Å². The summed E-state index contributed by atoms with van der Waals surface area (Å²) in [4.78, 5) is 20.1. The molecule has 1 aromatic carbocycles. The average molecular weight is 290 g/mol. The van der Waals surface area contributed by atoms with E-state index in [1.165, 1.54) is 6.07 Å². The molecule has 0 aromatic heterocycles. The van der Waals surface area contributed by atoms with Crippen LogP contribution in [0.2, 0.25) is 0 Å². The molecular weight excluding hydrogens is 278 g/mol. The van der Waals surface area contributed by atoms with Crippen molar-refractivity contribution >= 4 is 17.3 Å². The van der Waals surface area contributed by atoms with Crippen LogP contribution in [-0.2, 0) is 4.79 Å². The molecule has 1 aromatic rings. The maximum absolute atomic E-state index is 12.2. The maximum atomic E-state index is 12.2. The molecule has 0 bridgehead atoms. The highest BCUT2D eigenvalue weighted by Crippen LogP contribution is 2.31. The number of nitro benzene ring substituents is 1. The molecular formula is C11H12F2N2O5. The first-order chi connectivity index (χ1) is 9.40. The first-order valence-corrected chi connectivity index (χ1v) is 5.59. The van der Waals surface area contributed by atoms with Crippen LogP contribution in [-0.4, -0.2) is 29.2 Å². The van der Waals surface area contributed by atoms with Crippen LogP contribution < -0.4 is 10.1 Å². The Morgan fingerprint density at radius 3 is 2.75 bits per heavy atom. The van der Waals surface area contributed by atoms with Gasteiger partial charge in [-0.3, -0.25) is 14.9 Å². The molecule has 0 aliphatic rings. The van der Waals surface area contributed by atoms with Gasteiger partial charge in [0.1, 0.15) is 0 Å². The zero-order valence-electron chi connectivity index (χ0n) is 10.2. The number of ether oxygens (including phenoxy) is 1. The van der Waals surface area contributed by atoms with Gasteiger partial charge in [0.25, 0.3) is 0 Å². The number of carboxylic acids is 1. The Hall–Kier alpha value is -2.45. The number of nitrogens with one attached hydrogen (secondary N) is 1. The number of nitrogens with zero attached hydrogens (tertiary/aromatic N) is 1. The molecule has 9 heteroatoms. The second kappa shape index (κ2) is 7.22. The number of nitro groups is 1. The first-order valence-electron chi connectivity index (χ1n) is 5.59. The lowest BCUT2D eigenvalue weighted by molar-refractivity contribution is -0.386. The predicted molar refractivity (Wildman–Crippen MR) is 65.1 cm³/mol. The van der Waals surface area contributed by atoms with Crippen LogP contribution in [0, 0.1) is 10.1 Å². The van der Waals surface area contributed by atoms with Crippen LogP contribution >= 0.6 is 0 Å². The second-order valence-electron chi connectivity index (χ2n) is 3.74. The normalized spacial score (nSPS) is 10.3. The quantitative estimate of drug-likeness (QED) is 0.433. The molecule has 0 saturated heterocycles. The third-order valence-corrected chi connectivity index (χ3v) is 2.27. The third kappa shape index (κ3) is 5.04. The van der Waals surface area contributed by atoms with Crippen molar-refractivity contribution < 1.29 is 28.3 Å². The number of carbonyl (C=O) groups is 1. The Kier molecular flexibility index (Phi) is 5.63. The first kappa shape index (κ1) is 15.6. The van der Waals surface area contributed by atoms with Crippen LogP contribution in [0.3, 0.4) is 0 Å². The van der Waals surface area contributed by atoms with Crippen molar-refractivity contribution in [3.63, 3.8) is 0 Å². The van der Waals surface area contributed by atoms with Gasteiger partial charge in [0.2, 0.25) is 5.75 Å². The van der Waals surface area contributed by atoms with Crippen molar-refractivity contribution in [3.8, 4) is 5.75 Å². The molecule has 0 radical (unpaired) electrons. The van der Waals surface area contributed by atoms with Gasteiger partial charge < -0.3 is 15.2 Å². The van der Waals surface area contributed by atoms with Gasteiger partial charge in [0, 0.05) is 30.8 Å². The third-order valence-electron chi connectivity index (χ3n) is 2.27. The summed E-state index contributed by atoms with van der Waals surface area (Å²) in [5.41, 5.74) is -0.238. The molecule has 0 unspecified atom stereocenters. The van der Waals surface area contributed by atoms with E-state index in [0.717, 1.165) is 12.1 Å². The lowest BCUT2D eigenvalue weighted by Gasteiger charge is -2.09. The van der Waals surface area contributed by atoms with Gasteiger partial charge in [-0.05, 0) is 12.5 Å². The highest BCUT2D eigenvalue weighted by molar-refractivity contribution is 5.66. The van der Waals surface area contributed by atoms with Crippen LogP contribution in [0.5, 0.6) is 5.75 Å². The van der Waals surface area contributed by atoms with E-state index < -0.39 is 28.9 Å². The summed E-state index contributed by atoms with van der Waals surface area (Å²) in [5, 5.41) is 21.9. The molecule has 2 N–H and O–H groups in total. The lowest BCUT2D eigenvalue weighted by Crippen LogP contribution is -2.07. The molecule has 0 fully saturated rings. The molecule has 0 saturated carbocycles. The second-order valence-corrected chi connectivity index (χ2v) is 3.74. The SMILES string of the molecule is O=C(O)CCCNc1ccc([N+](=O)[O-])c(OC(F)F)c1. The highest BCUT2D eigenvalue weighted by atomic mass is 19.3. The number of hydrogen-bond acceptors (Lipinski definition) is 5. The van der Waals surface area contributed by atoms with Gasteiger partial charge in [0.05, 0.1) is 4.92 Å². The van der Waals surface area contributed by atoms with Gasteiger partial charge in [0.15, 0.2) is 0 Å². The number of carboxylic acid groups (broad SMARTS) is 1. The molecule has 0 aliphatic carbocycles. The van der Waals surface area contributed by atoms with Gasteiger partial charge in [-0.1, -0.05) is 0 Å². The number of rotatable bonds is 8. The molecule has 0 amide bonds. The summed E-state index contributed by atoms with van der Waals surface area (Å²) in [6.07, 6.45) is 0.289. The van der Waals surface area contributed by atoms with Crippen molar-refractivity contribution in [2.75, 3.05) is 11.9 Å². The minimum atomic E-state index is -3.17. The number of halogens is 2. The minimum absolute atomic E-state index is 0.0413. The topological polar surface area (TPSA) is 102 Å². The van der Waals surface area contributed by atoms with Crippen molar-refractivity contribution in [2.45, 2.75) is 19.5 Å². The van der Waals surface area contributed by atoms with E-state index in [9.17, 15) is 23.7 Å².